The van der Waals surface area contributed by atoms with Crippen LogP contribution < -0.4 is 0 Å². The fourth-order valence-corrected chi connectivity index (χ4v) is 5.76. The van der Waals surface area contributed by atoms with Crippen LogP contribution in [-0.2, 0) is 19.4 Å². The Labute approximate surface area is 152 Å². The zero-order chi connectivity index (χ0) is 18.9. The molecule has 3 rings (SSSR count). The number of carbonyl (C=O) groups is 2. The monoisotopic (exact) mass is 381 g/mol. The molecule has 7 nitrogen and oxygen atoms in total. The molecule has 1 aromatic carbocycles. The summed E-state index contributed by atoms with van der Waals surface area (Å²) < 4.78 is 25.7. The minimum absolute atomic E-state index is 0.0199. The molecule has 1 amide bonds. The van der Waals surface area contributed by atoms with Gasteiger partial charge in [0, 0.05) is 13.1 Å². The topological polar surface area (TPSA) is 112 Å². The highest BCUT2D eigenvalue weighted by molar-refractivity contribution is 7.92. The van der Waals surface area contributed by atoms with Gasteiger partial charge in [0.1, 0.15) is 0 Å². The molecule has 1 aliphatic carbocycles. The standard InChI is InChI=1S/C18H23NO6S/c20-12-6-8-19(9-7-12)17(21)15-10-14(11-16(15)18(22)23)26(24,25)13-4-2-1-3-5-13/h1-5,12,14-16,20H,6-11H2,(H,22,23)/t14-,15-,16-/m1/s1. The fourth-order valence-electron chi connectivity index (χ4n) is 3.91. The van der Waals surface area contributed by atoms with Gasteiger partial charge in [-0.25, -0.2) is 8.42 Å². The van der Waals surface area contributed by atoms with Gasteiger partial charge < -0.3 is 15.1 Å². The Kier molecular flexibility index (Phi) is 5.34. The van der Waals surface area contributed by atoms with E-state index in [1.165, 1.54) is 12.1 Å². The summed E-state index contributed by atoms with van der Waals surface area (Å²) >= 11 is 0. The maximum absolute atomic E-state index is 12.8. The maximum atomic E-state index is 12.8. The van der Waals surface area contributed by atoms with E-state index in [1.54, 1.807) is 23.1 Å². The summed E-state index contributed by atoms with van der Waals surface area (Å²) in [4.78, 5) is 26.2. The van der Waals surface area contributed by atoms with Crippen molar-refractivity contribution in [2.24, 2.45) is 11.8 Å². The highest BCUT2D eigenvalue weighted by Crippen LogP contribution is 2.39. The van der Waals surface area contributed by atoms with Crippen molar-refractivity contribution in [3.8, 4) is 0 Å². The Hall–Kier alpha value is -1.93. The number of likely N-dealkylation sites (tertiary alicyclic amines) is 1. The van der Waals surface area contributed by atoms with Crippen molar-refractivity contribution >= 4 is 21.7 Å². The van der Waals surface area contributed by atoms with E-state index in [2.05, 4.69) is 0 Å². The van der Waals surface area contributed by atoms with Crippen molar-refractivity contribution in [3.63, 3.8) is 0 Å². The number of hydrogen-bond donors (Lipinski definition) is 2. The van der Waals surface area contributed by atoms with E-state index in [1.807, 2.05) is 0 Å². The van der Waals surface area contributed by atoms with Crippen LogP contribution in [0.2, 0.25) is 0 Å². The SMILES string of the molecule is O=C(O)[C@@H]1C[C@H](S(=O)(=O)c2ccccc2)C[C@H]1C(=O)N1CCC(O)CC1. The third-order valence-corrected chi connectivity index (χ3v) is 7.63. The Morgan fingerprint density at radius 1 is 1.00 bits per heavy atom. The molecule has 1 heterocycles. The molecule has 1 saturated heterocycles. The summed E-state index contributed by atoms with van der Waals surface area (Å²) in [6.45, 7) is 0.748. The summed E-state index contributed by atoms with van der Waals surface area (Å²) in [5, 5.41) is 18.2. The third-order valence-electron chi connectivity index (χ3n) is 5.44. The van der Waals surface area contributed by atoms with Crippen molar-refractivity contribution in [1.29, 1.82) is 0 Å². The van der Waals surface area contributed by atoms with Gasteiger partial charge in [-0.3, -0.25) is 9.59 Å². The number of amides is 1. The zero-order valence-electron chi connectivity index (χ0n) is 14.3. The molecule has 2 aliphatic rings. The van der Waals surface area contributed by atoms with Gasteiger partial charge in [-0.1, -0.05) is 18.2 Å². The van der Waals surface area contributed by atoms with Gasteiger partial charge in [-0.05, 0) is 37.8 Å². The molecule has 1 saturated carbocycles. The molecule has 1 aliphatic heterocycles. The van der Waals surface area contributed by atoms with Crippen molar-refractivity contribution in [2.75, 3.05) is 13.1 Å². The van der Waals surface area contributed by atoms with Crippen LogP contribution in [0.25, 0.3) is 0 Å². The average Bonchev–Trinajstić information content (AvgIpc) is 3.09. The highest BCUT2D eigenvalue weighted by atomic mass is 32.2. The Morgan fingerprint density at radius 3 is 2.15 bits per heavy atom. The molecule has 0 spiro atoms. The normalized spacial score (nSPS) is 27.4. The van der Waals surface area contributed by atoms with E-state index < -0.39 is 39.0 Å². The summed E-state index contributed by atoms with van der Waals surface area (Å²) in [6, 6.07) is 7.94. The first-order valence-corrected chi connectivity index (χ1v) is 10.3. The summed E-state index contributed by atoms with van der Waals surface area (Å²) in [5.74, 6) is -3.29. The largest absolute Gasteiger partial charge is 0.481 e. The van der Waals surface area contributed by atoms with Crippen LogP contribution in [-0.4, -0.2) is 59.9 Å². The quantitative estimate of drug-likeness (QED) is 0.802. The molecule has 2 N–H and O–H groups in total. The van der Waals surface area contributed by atoms with Crippen LogP contribution in [0.4, 0.5) is 0 Å². The summed E-state index contributed by atoms with van der Waals surface area (Å²) in [6.07, 6.45) is 0.444. The number of aliphatic hydroxyl groups is 1. The van der Waals surface area contributed by atoms with Gasteiger partial charge in [-0.2, -0.15) is 0 Å². The van der Waals surface area contributed by atoms with Crippen LogP contribution in [0, 0.1) is 11.8 Å². The number of aliphatic carboxylic acids is 1. The van der Waals surface area contributed by atoms with Crippen molar-refractivity contribution in [2.45, 2.75) is 41.9 Å². The fraction of sp³-hybridized carbons (Fsp3) is 0.556. The molecule has 26 heavy (non-hydrogen) atoms. The number of carboxylic acids is 1. The summed E-state index contributed by atoms with van der Waals surface area (Å²) in [7, 11) is -3.69. The lowest BCUT2D eigenvalue weighted by molar-refractivity contribution is -0.149. The number of rotatable bonds is 4. The Balaban J connectivity index is 1.81. The second-order valence-corrected chi connectivity index (χ2v) is 9.29. The van der Waals surface area contributed by atoms with E-state index in [9.17, 15) is 28.2 Å². The number of carboxylic acid groups (broad SMARTS) is 1. The first-order chi connectivity index (χ1) is 12.3. The van der Waals surface area contributed by atoms with E-state index in [4.69, 9.17) is 0 Å². The minimum atomic E-state index is -3.69. The number of carbonyl (C=O) groups excluding carboxylic acids is 1. The molecule has 0 bridgehead atoms. The van der Waals surface area contributed by atoms with E-state index >= 15 is 0 Å². The second kappa shape index (κ2) is 7.36. The molecular formula is C18H23NO6S. The van der Waals surface area contributed by atoms with Crippen molar-refractivity contribution in [3.05, 3.63) is 30.3 Å². The highest BCUT2D eigenvalue weighted by Gasteiger charge is 2.48. The summed E-state index contributed by atoms with van der Waals surface area (Å²) in [5.41, 5.74) is 0. The molecule has 8 heteroatoms. The number of hydrogen-bond acceptors (Lipinski definition) is 5. The minimum Gasteiger partial charge on any atom is -0.481 e. The molecule has 0 aromatic heterocycles. The lowest BCUT2D eigenvalue weighted by Gasteiger charge is -2.32. The molecule has 142 valence electrons. The van der Waals surface area contributed by atoms with Gasteiger partial charge in [0.05, 0.1) is 28.1 Å². The average molecular weight is 381 g/mol. The van der Waals surface area contributed by atoms with E-state index in [-0.39, 0.29) is 23.6 Å². The van der Waals surface area contributed by atoms with Crippen molar-refractivity contribution in [1.82, 2.24) is 4.90 Å². The predicted octanol–water partition coefficient (Wildman–Crippen LogP) is 0.923. The van der Waals surface area contributed by atoms with Gasteiger partial charge in [0.25, 0.3) is 0 Å². The molecule has 0 radical (unpaired) electrons. The number of nitrogens with zero attached hydrogens (tertiary/aromatic N) is 1. The van der Waals surface area contributed by atoms with E-state index in [0.29, 0.717) is 25.9 Å². The van der Waals surface area contributed by atoms with Crippen LogP contribution in [0.1, 0.15) is 25.7 Å². The van der Waals surface area contributed by atoms with Crippen LogP contribution in [0.5, 0.6) is 0 Å². The van der Waals surface area contributed by atoms with Gasteiger partial charge in [0.2, 0.25) is 5.91 Å². The Morgan fingerprint density at radius 2 is 1.58 bits per heavy atom. The van der Waals surface area contributed by atoms with Crippen molar-refractivity contribution < 1.29 is 28.2 Å². The lowest BCUT2D eigenvalue weighted by atomic mass is 9.93. The number of aliphatic hydroxyl groups excluding tert-OH is 1. The molecule has 2 fully saturated rings. The first kappa shape index (κ1) is 18.8. The van der Waals surface area contributed by atoms with E-state index in [0.717, 1.165) is 0 Å². The number of sulfone groups is 1. The molecule has 3 atom stereocenters. The molecule has 0 unspecified atom stereocenters. The third kappa shape index (κ3) is 3.61. The van der Waals surface area contributed by atoms with Crippen LogP contribution >= 0.6 is 0 Å². The first-order valence-electron chi connectivity index (χ1n) is 8.79. The molecule has 1 aromatic rings. The number of benzene rings is 1. The zero-order valence-corrected chi connectivity index (χ0v) is 15.1. The van der Waals surface area contributed by atoms with Gasteiger partial charge in [-0.15, -0.1) is 0 Å². The predicted molar refractivity (Wildman–Crippen MR) is 93.1 cm³/mol. The maximum Gasteiger partial charge on any atom is 0.307 e. The Bertz CT molecular complexity index is 770. The number of piperidine rings is 1. The second-order valence-electron chi connectivity index (χ2n) is 7.06. The van der Waals surface area contributed by atoms with Gasteiger partial charge >= 0.3 is 5.97 Å². The smallest absolute Gasteiger partial charge is 0.307 e. The van der Waals surface area contributed by atoms with Gasteiger partial charge in [0.15, 0.2) is 9.84 Å². The molecular weight excluding hydrogens is 358 g/mol. The van der Waals surface area contributed by atoms with Crippen LogP contribution in [0.3, 0.4) is 0 Å². The lowest BCUT2D eigenvalue weighted by Crippen LogP contribution is -2.44. The van der Waals surface area contributed by atoms with Crippen LogP contribution in [0.15, 0.2) is 35.2 Å².